The summed E-state index contributed by atoms with van der Waals surface area (Å²) in [5.41, 5.74) is 9.39. The Morgan fingerprint density at radius 1 is 1.05 bits per heavy atom. The number of anilines is 1. The summed E-state index contributed by atoms with van der Waals surface area (Å²) in [5, 5.41) is 3.50. The minimum absolute atomic E-state index is 0.260. The third-order valence-corrected chi connectivity index (χ3v) is 3.71. The van der Waals surface area contributed by atoms with Gasteiger partial charge in [-0.15, -0.1) is 0 Å². The Morgan fingerprint density at radius 2 is 1.67 bits per heavy atom. The van der Waals surface area contributed by atoms with E-state index in [1.807, 2.05) is 12.1 Å². The third-order valence-electron chi connectivity index (χ3n) is 3.71. The molecular formula is C18H22N2O. The third kappa shape index (κ3) is 3.85. The summed E-state index contributed by atoms with van der Waals surface area (Å²) >= 11 is 0. The SMILES string of the molecule is CCc1ccc(C(CC)Nc2ccc(C(N)=O)cc2)cc1. The molecule has 21 heavy (non-hydrogen) atoms. The quantitative estimate of drug-likeness (QED) is 0.844. The van der Waals surface area contributed by atoms with Gasteiger partial charge in [0.25, 0.3) is 0 Å². The van der Waals surface area contributed by atoms with Crippen molar-refractivity contribution in [2.75, 3.05) is 5.32 Å². The largest absolute Gasteiger partial charge is 0.378 e. The molecule has 0 aliphatic heterocycles. The predicted octanol–water partition coefficient (Wildman–Crippen LogP) is 3.91. The summed E-state index contributed by atoms with van der Waals surface area (Å²) in [6.45, 7) is 4.31. The van der Waals surface area contributed by atoms with E-state index in [-0.39, 0.29) is 6.04 Å². The number of primary amides is 1. The summed E-state index contributed by atoms with van der Waals surface area (Å²) in [4.78, 5) is 11.1. The van der Waals surface area contributed by atoms with Gasteiger partial charge in [0.15, 0.2) is 0 Å². The van der Waals surface area contributed by atoms with Gasteiger partial charge in [0, 0.05) is 11.3 Å². The summed E-state index contributed by atoms with van der Waals surface area (Å²) < 4.78 is 0. The molecule has 2 aromatic rings. The first-order valence-electron chi connectivity index (χ1n) is 7.39. The Kier molecular flexibility index (Phi) is 4.99. The first-order valence-corrected chi connectivity index (χ1v) is 7.39. The van der Waals surface area contributed by atoms with E-state index in [2.05, 4.69) is 43.4 Å². The first-order chi connectivity index (χ1) is 10.1. The molecule has 0 radical (unpaired) electrons. The summed E-state index contributed by atoms with van der Waals surface area (Å²) in [7, 11) is 0. The Hall–Kier alpha value is -2.29. The second-order valence-corrected chi connectivity index (χ2v) is 5.14. The van der Waals surface area contributed by atoms with Crippen LogP contribution in [-0.4, -0.2) is 5.91 Å². The van der Waals surface area contributed by atoms with Gasteiger partial charge in [0.1, 0.15) is 0 Å². The van der Waals surface area contributed by atoms with E-state index >= 15 is 0 Å². The fourth-order valence-electron chi connectivity index (χ4n) is 2.34. The first kappa shape index (κ1) is 15.1. The number of nitrogens with two attached hydrogens (primary N) is 1. The second kappa shape index (κ2) is 6.93. The number of carbonyl (C=O) groups excluding carboxylic acids is 1. The van der Waals surface area contributed by atoms with Gasteiger partial charge in [-0.25, -0.2) is 0 Å². The van der Waals surface area contributed by atoms with E-state index in [1.54, 1.807) is 12.1 Å². The molecule has 0 saturated heterocycles. The smallest absolute Gasteiger partial charge is 0.248 e. The van der Waals surface area contributed by atoms with Gasteiger partial charge in [0.05, 0.1) is 6.04 Å². The highest BCUT2D eigenvalue weighted by Crippen LogP contribution is 2.23. The minimum atomic E-state index is -0.399. The zero-order valence-corrected chi connectivity index (χ0v) is 12.6. The number of amides is 1. The van der Waals surface area contributed by atoms with Crippen molar-refractivity contribution in [2.24, 2.45) is 5.73 Å². The highest BCUT2D eigenvalue weighted by Gasteiger charge is 2.09. The number of hydrogen-bond acceptors (Lipinski definition) is 2. The normalized spacial score (nSPS) is 11.9. The maximum absolute atomic E-state index is 11.1. The number of benzene rings is 2. The highest BCUT2D eigenvalue weighted by atomic mass is 16.1. The molecule has 0 aliphatic rings. The van der Waals surface area contributed by atoms with Crippen LogP contribution in [-0.2, 0) is 6.42 Å². The average Bonchev–Trinajstić information content (AvgIpc) is 2.53. The Balaban J connectivity index is 2.12. The van der Waals surface area contributed by atoms with Gasteiger partial charge in [-0.3, -0.25) is 4.79 Å². The van der Waals surface area contributed by atoms with Crippen LogP contribution in [0.4, 0.5) is 5.69 Å². The molecule has 2 rings (SSSR count). The van der Waals surface area contributed by atoms with Crippen molar-refractivity contribution in [3.63, 3.8) is 0 Å². The Morgan fingerprint density at radius 3 is 2.14 bits per heavy atom. The van der Waals surface area contributed by atoms with Crippen LogP contribution in [0, 0.1) is 0 Å². The van der Waals surface area contributed by atoms with E-state index in [4.69, 9.17) is 5.73 Å². The molecular weight excluding hydrogens is 260 g/mol. The lowest BCUT2D eigenvalue weighted by molar-refractivity contribution is 0.100. The molecule has 0 aliphatic carbocycles. The molecule has 3 N–H and O–H groups in total. The number of nitrogens with one attached hydrogen (secondary N) is 1. The highest BCUT2D eigenvalue weighted by molar-refractivity contribution is 5.93. The molecule has 3 heteroatoms. The van der Waals surface area contributed by atoms with E-state index in [0.29, 0.717) is 5.56 Å². The monoisotopic (exact) mass is 282 g/mol. The second-order valence-electron chi connectivity index (χ2n) is 5.14. The Bertz CT molecular complexity index is 588. The zero-order valence-electron chi connectivity index (χ0n) is 12.6. The fourth-order valence-corrected chi connectivity index (χ4v) is 2.34. The van der Waals surface area contributed by atoms with Crippen LogP contribution in [0.5, 0.6) is 0 Å². The Labute approximate surface area is 126 Å². The van der Waals surface area contributed by atoms with Crippen molar-refractivity contribution in [3.05, 3.63) is 65.2 Å². The fraction of sp³-hybridized carbons (Fsp3) is 0.278. The molecule has 3 nitrogen and oxygen atoms in total. The van der Waals surface area contributed by atoms with Gasteiger partial charge in [-0.1, -0.05) is 38.1 Å². The number of rotatable bonds is 6. The van der Waals surface area contributed by atoms with Crippen molar-refractivity contribution in [1.29, 1.82) is 0 Å². The van der Waals surface area contributed by atoms with Crippen LogP contribution in [0.15, 0.2) is 48.5 Å². The van der Waals surface area contributed by atoms with Gasteiger partial charge < -0.3 is 11.1 Å². The molecule has 1 amide bonds. The summed E-state index contributed by atoms with van der Waals surface area (Å²) in [6, 6.07) is 16.2. The van der Waals surface area contributed by atoms with Crippen LogP contribution in [0.3, 0.4) is 0 Å². The van der Waals surface area contributed by atoms with E-state index in [9.17, 15) is 4.79 Å². The van der Waals surface area contributed by atoms with E-state index in [0.717, 1.165) is 18.5 Å². The molecule has 0 heterocycles. The molecule has 2 aromatic carbocycles. The van der Waals surface area contributed by atoms with Crippen LogP contribution in [0.1, 0.15) is 47.8 Å². The van der Waals surface area contributed by atoms with Crippen LogP contribution >= 0.6 is 0 Å². The number of aryl methyl sites for hydroxylation is 1. The average molecular weight is 282 g/mol. The van der Waals surface area contributed by atoms with Crippen LogP contribution < -0.4 is 11.1 Å². The maximum Gasteiger partial charge on any atom is 0.248 e. The predicted molar refractivity (Wildman–Crippen MR) is 87.4 cm³/mol. The molecule has 0 aromatic heterocycles. The lowest BCUT2D eigenvalue weighted by Crippen LogP contribution is -2.12. The standard InChI is InChI=1S/C18H22N2O/c1-3-13-5-7-14(8-6-13)17(4-2)20-16-11-9-15(10-12-16)18(19)21/h5-12,17,20H,3-4H2,1-2H3,(H2,19,21). The van der Waals surface area contributed by atoms with E-state index in [1.165, 1.54) is 11.1 Å². The molecule has 0 bridgehead atoms. The molecule has 1 atom stereocenters. The molecule has 0 saturated carbocycles. The lowest BCUT2D eigenvalue weighted by atomic mass is 10.0. The van der Waals surface area contributed by atoms with Crippen molar-refractivity contribution < 1.29 is 4.79 Å². The van der Waals surface area contributed by atoms with Gasteiger partial charge in [-0.05, 0) is 48.2 Å². The van der Waals surface area contributed by atoms with Crippen LogP contribution in [0.25, 0.3) is 0 Å². The maximum atomic E-state index is 11.1. The van der Waals surface area contributed by atoms with Crippen molar-refractivity contribution >= 4 is 11.6 Å². The molecule has 0 spiro atoms. The molecule has 1 unspecified atom stereocenters. The minimum Gasteiger partial charge on any atom is -0.378 e. The molecule has 0 fully saturated rings. The van der Waals surface area contributed by atoms with Crippen LogP contribution in [0.2, 0.25) is 0 Å². The summed E-state index contributed by atoms with van der Waals surface area (Å²) in [6.07, 6.45) is 2.04. The topological polar surface area (TPSA) is 55.1 Å². The number of hydrogen-bond donors (Lipinski definition) is 2. The van der Waals surface area contributed by atoms with E-state index < -0.39 is 5.91 Å². The lowest BCUT2D eigenvalue weighted by Gasteiger charge is -2.19. The van der Waals surface area contributed by atoms with Crippen molar-refractivity contribution in [3.8, 4) is 0 Å². The number of carbonyl (C=O) groups is 1. The summed E-state index contributed by atoms with van der Waals surface area (Å²) in [5.74, 6) is -0.399. The van der Waals surface area contributed by atoms with Gasteiger partial charge in [0.2, 0.25) is 5.91 Å². The van der Waals surface area contributed by atoms with Crippen molar-refractivity contribution in [2.45, 2.75) is 32.7 Å². The van der Waals surface area contributed by atoms with Crippen molar-refractivity contribution in [1.82, 2.24) is 0 Å². The van der Waals surface area contributed by atoms with Gasteiger partial charge in [-0.2, -0.15) is 0 Å². The zero-order chi connectivity index (χ0) is 15.2. The van der Waals surface area contributed by atoms with Gasteiger partial charge >= 0.3 is 0 Å². The molecule has 110 valence electrons.